The van der Waals surface area contributed by atoms with Gasteiger partial charge in [-0.15, -0.1) is 0 Å². The van der Waals surface area contributed by atoms with Gasteiger partial charge in [0.15, 0.2) is 0 Å². The Bertz CT molecular complexity index is 764. The van der Waals surface area contributed by atoms with Crippen molar-refractivity contribution in [2.24, 2.45) is 5.92 Å². The Balaban J connectivity index is 2.55. The van der Waals surface area contributed by atoms with E-state index in [4.69, 9.17) is 9.47 Å². The molecule has 39 heavy (non-hydrogen) atoms. The molecule has 1 aromatic rings. The van der Waals surface area contributed by atoms with E-state index in [2.05, 4.69) is 19.2 Å². The maximum atomic E-state index is 12.3. The lowest BCUT2D eigenvalue weighted by Gasteiger charge is -2.19. The zero-order chi connectivity index (χ0) is 28.6. The number of hydrogen-bond acceptors (Lipinski definition) is 5. The van der Waals surface area contributed by atoms with Crippen molar-refractivity contribution in [3.8, 4) is 0 Å². The SMILES string of the molecule is CCCCCCCCCCCCC(CCCCCCCCCC)CNc1ccc(C(=O)OC)c(C(=O)OC)c1. The summed E-state index contributed by atoms with van der Waals surface area (Å²) in [5.74, 6) is -0.448. The van der Waals surface area contributed by atoms with Crippen molar-refractivity contribution in [1.82, 2.24) is 0 Å². The molecule has 0 saturated heterocycles. The third-order valence-electron chi connectivity index (χ3n) is 7.86. The van der Waals surface area contributed by atoms with Crippen molar-refractivity contribution >= 4 is 17.6 Å². The van der Waals surface area contributed by atoms with Crippen molar-refractivity contribution < 1.29 is 19.1 Å². The summed E-state index contributed by atoms with van der Waals surface area (Å²) in [6.07, 6.45) is 26.8. The van der Waals surface area contributed by atoms with Crippen molar-refractivity contribution in [3.05, 3.63) is 29.3 Å². The summed E-state index contributed by atoms with van der Waals surface area (Å²) in [5.41, 5.74) is 1.31. The Labute approximate surface area is 240 Å². The van der Waals surface area contributed by atoms with Gasteiger partial charge in [-0.05, 0) is 37.0 Å². The van der Waals surface area contributed by atoms with Crippen molar-refractivity contribution in [1.29, 1.82) is 0 Å². The Hall–Kier alpha value is -2.04. The number of unbranched alkanes of at least 4 members (excludes halogenated alkanes) is 16. The molecule has 0 aliphatic rings. The lowest BCUT2D eigenvalue weighted by Crippen LogP contribution is -2.16. The summed E-state index contributed by atoms with van der Waals surface area (Å²) in [7, 11) is 2.65. The average Bonchev–Trinajstić information content (AvgIpc) is 2.96. The van der Waals surface area contributed by atoms with Crippen molar-refractivity contribution in [2.45, 2.75) is 142 Å². The van der Waals surface area contributed by atoms with Crippen LogP contribution < -0.4 is 5.32 Å². The number of carbonyl (C=O) groups is 2. The van der Waals surface area contributed by atoms with Crippen LogP contribution in [0.4, 0.5) is 5.69 Å². The van der Waals surface area contributed by atoms with E-state index < -0.39 is 11.9 Å². The molecular formula is C34H59NO4. The lowest BCUT2D eigenvalue weighted by atomic mass is 9.93. The van der Waals surface area contributed by atoms with Gasteiger partial charge in [-0.3, -0.25) is 0 Å². The van der Waals surface area contributed by atoms with Crippen LogP contribution in [0.2, 0.25) is 0 Å². The fourth-order valence-electron chi connectivity index (χ4n) is 5.32. The zero-order valence-electron chi connectivity index (χ0n) is 25.8. The minimum atomic E-state index is -0.532. The molecule has 1 N–H and O–H groups in total. The molecule has 1 aromatic carbocycles. The average molecular weight is 546 g/mol. The normalized spacial score (nSPS) is 11.8. The van der Waals surface area contributed by atoms with Crippen LogP contribution in [0.15, 0.2) is 18.2 Å². The van der Waals surface area contributed by atoms with E-state index in [0.717, 1.165) is 12.2 Å². The summed E-state index contributed by atoms with van der Waals surface area (Å²) in [6.45, 7) is 5.43. The van der Waals surface area contributed by atoms with Gasteiger partial charge in [0.05, 0.1) is 25.3 Å². The highest BCUT2D eigenvalue weighted by Gasteiger charge is 2.19. The molecule has 0 spiro atoms. The molecule has 0 aromatic heterocycles. The monoisotopic (exact) mass is 545 g/mol. The molecule has 0 heterocycles. The standard InChI is InChI=1S/C34H59NO4/c1-5-7-9-11-13-15-16-18-20-22-24-29(23-21-19-17-14-12-10-8-6-2)28-35-30-25-26-31(33(36)38-3)32(27-30)34(37)39-4/h25-27,29,35H,5-24,28H2,1-4H3. The topological polar surface area (TPSA) is 64.6 Å². The van der Waals surface area contributed by atoms with Crippen LogP contribution in [-0.4, -0.2) is 32.7 Å². The summed E-state index contributed by atoms with van der Waals surface area (Å²) in [5, 5.41) is 3.55. The first-order chi connectivity index (χ1) is 19.1. The van der Waals surface area contributed by atoms with Gasteiger partial charge in [-0.25, -0.2) is 9.59 Å². The number of esters is 2. The second-order valence-corrected chi connectivity index (χ2v) is 11.2. The minimum Gasteiger partial charge on any atom is -0.465 e. The van der Waals surface area contributed by atoms with Crippen LogP contribution in [0.5, 0.6) is 0 Å². The number of anilines is 1. The maximum absolute atomic E-state index is 12.3. The first-order valence-corrected chi connectivity index (χ1v) is 16.1. The van der Waals surface area contributed by atoms with Crippen LogP contribution in [-0.2, 0) is 9.47 Å². The first kappa shape index (κ1) is 35.0. The predicted octanol–water partition coefficient (Wildman–Crippen LogP) is 10.1. The van der Waals surface area contributed by atoms with Gasteiger partial charge in [0, 0.05) is 12.2 Å². The van der Waals surface area contributed by atoms with Gasteiger partial charge >= 0.3 is 11.9 Å². The Morgan fingerprint density at radius 2 is 1.03 bits per heavy atom. The van der Waals surface area contributed by atoms with Crippen LogP contribution >= 0.6 is 0 Å². The Morgan fingerprint density at radius 1 is 0.615 bits per heavy atom. The smallest absolute Gasteiger partial charge is 0.338 e. The molecule has 1 atom stereocenters. The molecule has 1 unspecified atom stereocenters. The molecule has 5 heteroatoms. The van der Waals surface area contributed by atoms with Crippen LogP contribution in [0, 0.1) is 5.92 Å². The molecular weight excluding hydrogens is 486 g/mol. The molecule has 0 saturated carbocycles. The fourth-order valence-corrected chi connectivity index (χ4v) is 5.32. The minimum absolute atomic E-state index is 0.232. The third-order valence-corrected chi connectivity index (χ3v) is 7.86. The van der Waals surface area contributed by atoms with E-state index in [0.29, 0.717) is 5.92 Å². The molecule has 5 nitrogen and oxygen atoms in total. The molecule has 0 fully saturated rings. The van der Waals surface area contributed by atoms with E-state index >= 15 is 0 Å². The summed E-state index contributed by atoms with van der Waals surface area (Å²) in [6, 6.07) is 5.22. The van der Waals surface area contributed by atoms with Gasteiger partial charge in [-0.2, -0.15) is 0 Å². The molecule has 0 amide bonds. The number of hydrogen-bond donors (Lipinski definition) is 1. The predicted molar refractivity (Wildman–Crippen MR) is 165 cm³/mol. The van der Waals surface area contributed by atoms with E-state index in [-0.39, 0.29) is 11.1 Å². The molecule has 0 bridgehead atoms. The van der Waals surface area contributed by atoms with Crippen LogP contribution in [0.25, 0.3) is 0 Å². The second kappa shape index (κ2) is 23.8. The Morgan fingerprint density at radius 3 is 1.46 bits per heavy atom. The molecule has 0 radical (unpaired) electrons. The summed E-state index contributed by atoms with van der Waals surface area (Å²) < 4.78 is 9.74. The summed E-state index contributed by atoms with van der Waals surface area (Å²) in [4.78, 5) is 24.4. The maximum Gasteiger partial charge on any atom is 0.338 e. The van der Waals surface area contributed by atoms with Gasteiger partial charge < -0.3 is 14.8 Å². The highest BCUT2D eigenvalue weighted by molar-refractivity contribution is 6.03. The lowest BCUT2D eigenvalue weighted by molar-refractivity contribution is 0.0555. The highest BCUT2D eigenvalue weighted by atomic mass is 16.5. The molecule has 0 aliphatic carbocycles. The van der Waals surface area contributed by atoms with Crippen LogP contribution in [0.3, 0.4) is 0 Å². The molecule has 224 valence electrons. The van der Waals surface area contributed by atoms with Crippen molar-refractivity contribution in [2.75, 3.05) is 26.1 Å². The third kappa shape index (κ3) is 16.6. The van der Waals surface area contributed by atoms with Gasteiger partial charge in [-0.1, -0.05) is 129 Å². The van der Waals surface area contributed by atoms with E-state index in [1.807, 2.05) is 6.07 Å². The number of ether oxygens (including phenoxy) is 2. The first-order valence-electron chi connectivity index (χ1n) is 16.1. The summed E-state index contributed by atoms with van der Waals surface area (Å²) >= 11 is 0. The zero-order valence-corrected chi connectivity index (χ0v) is 25.8. The highest BCUT2D eigenvalue weighted by Crippen LogP contribution is 2.23. The number of benzene rings is 1. The molecule has 1 rings (SSSR count). The van der Waals surface area contributed by atoms with Gasteiger partial charge in [0.25, 0.3) is 0 Å². The van der Waals surface area contributed by atoms with Gasteiger partial charge in [0.1, 0.15) is 0 Å². The Kier molecular flexibility index (Phi) is 21.4. The number of nitrogens with one attached hydrogen (secondary N) is 1. The molecule has 0 aliphatic heterocycles. The van der Waals surface area contributed by atoms with E-state index in [9.17, 15) is 9.59 Å². The number of methoxy groups -OCH3 is 2. The quantitative estimate of drug-likeness (QED) is 0.0978. The number of rotatable bonds is 25. The fraction of sp³-hybridized carbons (Fsp3) is 0.765. The second-order valence-electron chi connectivity index (χ2n) is 11.2. The largest absolute Gasteiger partial charge is 0.465 e. The van der Waals surface area contributed by atoms with E-state index in [1.54, 1.807) is 12.1 Å². The van der Waals surface area contributed by atoms with Crippen molar-refractivity contribution in [3.63, 3.8) is 0 Å². The van der Waals surface area contributed by atoms with E-state index in [1.165, 1.54) is 143 Å². The van der Waals surface area contributed by atoms with Crippen LogP contribution in [0.1, 0.15) is 163 Å². The number of carbonyl (C=O) groups excluding carboxylic acids is 2. The van der Waals surface area contributed by atoms with Gasteiger partial charge in [0.2, 0.25) is 0 Å².